The minimum absolute atomic E-state index is 0.0545. The van der Waals surface area contributed by atoms with Gasteiger partial charge in [-0.3, -0.25) is 4.79 Å². The van der Waals surface area contributed by atoms with Crippen molar-refractivity contribution in [3.63, 3.8) is 0 Å². The summed E-state index contributed by atoms with van der Waals surface area (Å²) >= 11 is 3.01. The Bertz CT molecular complexity index is 788. The first-order chi connectivity index (χ1) is 12.3. The molecule has 2 heterocycles. The molecule has 0 radical (unpaired) electrons. The topological polar surface area (TPSA) is 71.5 Å². The van der Waals surface area contributed by atoms with Crippen molar-refractivity contribution in [2.45, 2.75) is 6.10 Å². The fourth-order valence-corrected chi connectivity index (χ4v) is 3.80. The molecule has 130 valence electrons. The predicted octanol–water partition coefficient (Wildman–Crippen LogP) is 3.35. The number of aromatic nitrogens is 1. The average molecular weight is 374 g/mol. The first-order valence-electron chi connectivity index (χ1n) is 7.81. The number of thiophene rings is 1. The highest BCUT2D eigenvalue weighted by molar-refractivity contribution is 7.13. The zero-order valence-electron chi connectivity index (χ0n) is 13.4. The van der Waals surface area contributed by atoms with Gasteiger partial charge >= 0.3 is 0 Å². The van der Waals surface area contributed by atoms with Crippen LogP contribution in [-0.2, 0) is 4.74 Å². The van der Waals surface area contributed by atoms with Crippen LogP contribution in [0.25, 0.3) is 10.6 Å². The van der Waals surface area contributed by atoms with E-state index in [0.29, 0.717) is 12.2 Å². The molecule has 2 aromatic heterocycles. The summed E-state index contributed by atoms with van der Waals surface area (Å²) in [5, 5.41) is 18.3. The van der Waals surface area contributed by atoms with E-state index in [1.54, 1.807) is 16.7 Å². The van der Waals surface area contributed by atoms with Crippen LogP contribution in [0, 0.1) is 0 Å². The molecular formula is C18H18N2O3S2. The lowest BCUT2D eigenvalue weighted by Crippen LogP contribution is -2.30. The van der Waals surface area contributed by atoms with Crippen molar-refractivity contribution in [2.75, 3.05) is 19.8 Å². The second kappa shape index (κ2) is 8.87. The zero-order chi connectivity index (χ0) is 17.5. The highest BCUT2D eigenvalue weighted by Gasteiger charge is 2.16. The first-order valence-corrected chi connectivity index (χ1v) is 9.64. The SMILES string of the molecule is O=C(NCC(OCCO)c1ccsc1)c1csc(-c2ccccc2)n1. The van der Waals surface area contributed by atoms with Crippen LogP contribution in [0.2, 0.25) is 0 Å². The van der Waals surface area contributed by atoms with Gasteiger partial charge in [0.05, 0.1) is 13.2 Å². The van der Waals surface area contributed by atoms with Gasteiger partial charge in [-0.05, 0) is 22.4 Å². The third kappa shape index (κ3) is 4.73. The van der Waals surface area contributed by atoms with Crippen LogP contribution in [-0.4, -0.2) is 35.8 Å². The van der Waals surface area contributed by atoms with E-state index in [1.807, 2.05) is 47.2 Å². The number of benzene rings is 1. The molecular weight excluding hydrogens is 356 g/mol. The van der Waals surface area contributed by atoms with Gasteiger partial charge < -0.3 is 15.2 Å². The van der Waals surface area contributed by atoms with Crippen LogP contribution in [0.1, 0.15) is 22.2 Å². The quantitative estimate of drug-likeness (QED) is 0.634. The molecule has 1 aromatic carbocycles. The summed E-state index contributed by atoms with van der Waals surface area (Å²) in [5.74, 6) is -0.230. The molecule has 0 fully saturated rings. The summed E-state index contributed by atoms with van der Waals surface area (Å²) in [5.41, 5.74) is 2.38. The zero-order valence-corrected chi connectivity index (χ0v) is 15.1. The van der Waals surface area contributed by atoms with Gasteiger partial charge in [0.1, 0.15) is 16.8 Å². The van der Waals surface area contributed by atoms with E-state index in [9.17, 15) is 4.79 Å². The van der Waals surface area contributed by atoms with Crippen LogP contribution in [0.5, 0.6) is 0 Å². The molecule has 0 aliphatic heterocycles. The molecule has 5 nitrogen and oxygen atoms in total. The summed E-state index contributed by atoms with van der Waals surface area (Å²) in [6, 6.07) is 11.7. The van der Waals surface area contributed by atoms with E-state index in [-0.39, 0.29) is 25.2 Å². The maximum Gasteiger partial charge on any atom is 0.270 e. The Morgan fingerprint density at radius 2 is 2.08 bits per heavy atom. The van der Waals surface area contributed by atoms with E-state index < -0.39 is 0 Å². The Morgan fingerprint density at radius 3 is 2.80 bits per heavy atom. The van der Waals surface area contributed by atoms with Gasteiger partial charge in [0, 0.05) is 17.5 Å². The average Bonchev–Trinajstić information content (AvgIpc) is 3.34. The highest BCUT2D eigenvalue weighted by Crippen LogP contribution is 2.23. The number of aliphatic hydroxyl groups is 1. The lowest BCUT2D eigenvalue weighted by molar-refractivity contribution is 0.0279. The second-order valence-corrected chi connectivity index (χ2v) is 6.89. The molecule has 0 aliphatic carbocycles. The first kappa shape index (κ1) is 17.8. The monoisotopic (exact) mass is 374 g/mol. The maximum absolute atomic E-state index is 12.4. The number of carbonyl (C=O) groups is 1. The summed E-state index contributed by atoms with van der Waals surface area (Å²) < 4.78 is 5.62. The smallest absolute Gasteiger partial charge is 0.270 e. The van der Waals surface area contributed by atoms with Crippen molar-refractivity contribution >= 4 is 28.6 Å². The Hall–Kier alpha value is -2.06. The molecule has 7 heteroatoms. The molecule has 3 aromatic rings. The van der Waals surface area contributed by atoms with E-state index >= 15 is 0 Å². The van der Waals surface area contributed by atoms with E-state index in [0.717, 1.165) is 16.1 Å². The molecule has 1 atom stereocenters. The number of aliphatic hydroxyl groups excluding tert-OH is 1. The molecule has 0 saturated heterocycles. The van der Waals surface area contributed by atoms with Crippen molar-refractivity contribution < 1.29 is 14.6 Å². The largest absolute Gasteiger partial charge is 0.394 e. The Balaban J connectivity index is 1.62. The fourth-order valence-electron chi connectivity index (χ4n) is 2.29. The Kier molecular flexibility index (Phi) is 6.30. The molecule has 2 N–H and O–H groups in total. The van der Waals surface area contributed by atoms with E-state index in [2.05, 4.69) is 10.3 Å². The summed E-state index contributed by atoms with van der Waals surface area (Å²) in [6.07, 6.45) is -0.283. The van der Waals surface area contributed by atoms with Crippen molar-refractivity contribution in [1.82, 2.24) is 10.3 Å². The standard InChI is InChI=1S/C18H18N2O3S2/c21-7-8-23-16(14-6-9-24-11-14)10-19-17(22)15-12-25-18(20-15)13-4-2-1-3-5-13/h1-6,9,11-12,16,21H,7-8,10H2,(H,19,22). The van der Waals surface area contributed by atoms with Gasteiger partial charge in [0.2, 0.25) is 0 Å². The van der Waals surface area contributed by atoms with Gasteiger partial charge in [0.15, 0.2) is 0 Å². The molecule has 1 amide bonds. The number of nitrogens with one attached hydrogen (secondary N) is 1. The number of hydrogen-bond donors (Lipinski definition) is 2. The second-order valence-electron chi connectivity index (χ2n) is 5.25. The van der Waals surface area contributed by atoms with Gasteiger partial charge in [-0.15, -0.1) is 11.3 Å². The van der Waals surface area contributed by atoms with E-state index in [4.69, 9.17) is 9.84 Å². The van der Waals surface area contributed by atoms with Gasteiger partial charge in [0.25, 0.3) is 5.91 Å². The third-order valence-electron chi connectivity index (χ3n) is 3.53. The minimum Gasteiger partial charge on any atom is -0.394 e. The van der Waals surface area contributed by atoms with Crippen LogP contribution < -0.4 is 5.32 Å². The highest BCUT2D eigenvalue weighted by atomic mass is 32.1. The third-order valence-corrected chi connectivity index (χ3v) is 5.12. The summed E-state index contributed by atoms with van der Waals surface area (Å²) in [4.78, 5) is 16.8. The van der Waals surface area contributed by atoms with Crippen LogP contribution in [0.3, 0.4) is 0 Å². The van der Waals surface area contributed by atoms with Gasteiger partial charge in [-0.2, -0.15) is 11.3 Å². The van der Waals surface area contributed by atoms with Crippen LogP contribution in [0.15, 0.2) is 52.5 Å². The molecule has 3 rings (SSSR count). The molecule has 0 saturated carbocycles. The summed E-state index contributed by atoms with van der Waals surface area (Å²) in [7, 11) is 0. The lowest BCUT2D eigenvalue weighted by atomic mass is 10.2. The Labute approximate surface area is 153 Å². The van der Waals surface area contributed by atoms with Crippen molar-refractivity contribution in [1.29, 1.82) is 0 Å². The number of hydrogen-bond acceptors (Lipinski definition) is 6. The van der Waals surface area contributed by atoms with Crippen molar-refractivity contribution in [3.8, 4) is 10.6 Å². The molecule has 1 unspecified atom stereocenters. The molecule has 25 heavy (non-hydrogen) atoms. The summed E-state index contributed by atoms with van der Waals surface area (Å²) in [6.45, 7) is 0.500. The Morgan fingerprint density at radius 1 is 1.24 bits per heavy atom. The number of amides is 1. The van der Waals surface area contributed by atoms with Gasteiger partial charge in [-0.1, -0.05) is 30.3 Å². The lowest BCUT2D eigenvalue weighted by Gasteiger charge is -2.16. The minimum atomic E-state index is -0.283. The molecule has 0 spiro atoms. The molecule has 0 bridgehead atoms. The number of nitrogens with zero attached hydrogens (tertiary/aromatic N) is 1. The maximum atomic E-state index is 12.4. The number of thiazole rings is 1. The number of ether oxygens (including phenoxy) is 1. The fraction of sp³-hybridized carbons (Fsp3) is 0.222. The predicted molar refractivity (Wildman–Crippen MR) is 100.0 cm³/mol. The van der Waals surface area contributed by atoms with Crippen molar-refractivity contribution in [2.24, 2.45) is 0 Å². The number of carbonyl (C=O) groups excluding carboxylic acids is 1. The number of rotatable bonds is 8. The van der Waals surface area contributed by atoms with Crippen LogP contribution in [0.4, 0.5) is 0 Å². The van der Waals surface area contributed by atoms with Crippen molar-refractivity contribution in [3.05, 3.63) is 63.8 Å². The normalized spacial score (nSPS) is 12.0. The molecule has 0 aliphatic rings. The van der Waals surface area contributed by atoms with Crippen LogP contribution >= 0.6 is 22.7 Å². The van der Waals surface area contributed by atoms with E-state index in [1.165, 1.54) is 11.3 Å². The van der Waals surface area contributed by atoms with Gasteiger partial charge in [-0.25, -0.2) is 4.98 Å².